The molecule has 2 aromatic rings. The molecule has 4 rings (SSSR count). The minimum absolute atomic E-state index is 0.0505. The number of pyridine rings is 1. The van der Waals surface area contributed by atoms with Gasteiger partial charge in [0.2, 0.25) is 17.6 Å². The van der Waals surface area contributed by atoms with Crippen molar-refractivity contribution in [3.05, 3.63) is 41.1 Å². The molecule has 2 aliphatic heterocycles. The van der Waals surface area contributed by atoms with Gasteiger partial charge in [0.1, 0.15) is 11.7 Å². The third-order valence-electron chi connectivity index (χ3n) is 5.96. The van der Waals surface area contributed by atoms with Crippen LogP contribution in [0.5, 0.6) is 5.88 Å². The van der Waals surface area contributed by atoms with Crippen molar-refractivity contribution in [3.63, 3.8) is 0 Å². The number of carbonyl (C=O) groups excluding carboxylic acids is 1. The zero-order valence-electron chi connectivity index (χ0n) is 18.2. The first-order valence-corrected chi connectivity index (χ1v) is 10.3. The minimum atomic E-state index is -0.994. The molecular formula is C22H26N6O3. The molecule has 0 bridgehead atoms. The van der Waals surface area contributed by atoms with Crippen LogP contribution in [0.25, 0.3) is 0 Å². The third-order valence-corrected chi connectivity index (χ3v) is 5.96. The lowest BCUT2D eigenvalue weighted by atomic mass is 9.94. The monoisotopic (exact) mass is 422 g/mol. The number of nitrogens with zero attached hydrogens (tertiary/aromatic N) is 6. The summed E-state index contributed by atoms with van der Waals surface area (Å²) in [4.78, 5) is 29.6. The smallest absolute Gasteiger partial charge is 0.235 e. The number of nitriles is 1. The van der Waals surface area contributed by atoms with Gasteiger partial charge >= 0.3 is 0 Å². The molecule has 0 radical (unpaired) electrons. The van der Waals surface area contributed by atoms with Crippen LogP contribution < -0.4 is 9.64 Å². The molecule has 1 amide bonds. The first kappa shape index (κ1) is 21.0. The molecule has 4 heterocycles. The largest absolute Gasteiger partial charge is 0.481 e. The van der Waals surface area contributed by atoms with Crippen LogP contribution in [0.3, 0.4) is 0 Å². The molecule has 1 N–H and O–H groups in total. The van der Waals surface area contributed by atoms with E-state index >= 15 is 0 Å². The average molecular weight is 422 g/mol. The summed E-state index contributed by atoms with van der Waals surface area (Å²) in [6, 6.07) is 5.56. The van der Waals surface area contributed by atoms with Gasteiger partial charge in [-0.05, 0) is 32.9 Å². The van der Waals surface area contributed by atoms with Crippen LogP contribution in [-0.2, 0) is 16.9 Å². The molecule has 0 aromatic carbocycles. The lowest BCUT2D eigenvalue weighted by Gasteiger charge is -2.41. The molecule has 1 atom stereocenters. The van der Waals surface area contributed by atoms with Crippen LogP contribution in [0.4, 0.5) is 5.69 Å². The van der Waals surface area contributed by atoms with Crippen molar-refractivity contribution >= 4 is 11.6 Å². The van der Waals surface area contributed by atoms with E-state index < -0.39 is 5.60 Å². The second-order valence-corrected chi connectivity index (χ2v) is 8.66. The van der Waals surface area contributed by atoms with Crippen molar-refractivity contribution in [1.29, 1.82) is 5.26 Å². The van der Waals surface area contributed by atoms with E-state index in [-0.39, 0.29) is 23.7 Å². The molecule has 2 aliphatic rings. The van der Waals surface area contributed by atoms with Gasteiger partial charge in [-0.3, -0.25) is 9.78 Å². The number of amides is 1. The number of hydrogen-bond acceptors (Lipinski definition) is 8. The zero-order valence-corrected chi connectivity index (χ0v) is 18.2. The predicted molar refractivity (Wildman–Crippen MR) is 112 cm³/mol. The van der Waals surface area contributed by atoms with Crippen molar-refractivity contribution in [1.82, 2.24) is 19.9 Å². The van der Waals surface area contributed by atoms with E-state index in [4.69, 9.17) is 10.00 Å². The number of fused-ring (bicyclic) bond motifs is 1. The number of ether oxygens (including phenoxy) is 1. The molecule has 2 aromatic heterocycles. The Hall–Kier alpha value is -3.25. The third kappa shape index (κ3) is 3.91. The highest BCUT2D eigenvalue weighted by Gasteiger charge is 2.38. The van der Waals surface area contributed by atoms with E-state index in [1.54, 1.807) is 24.9 Å². The molecule has 1 unspecified atom stereocenters. The average Bonchev–Trinajstić information content (AvgIpc) is 3.05. The summed E-state index contributed by atoms with van der Waals surface area (Å²) in [5.74, 6) is 0.724. The van der Waals surface area contributed by atoms with Gasteiger partial charge in [0.05, 0.1) is 36.6 Å². The van der Waals surface area contributed by atoms with Crippen LogP contribution in [0, 0.1) is 17.2 Å². The van der Waals surface area contributed by atoms with Gasteiger partial charge in [-0.2, -0.15) is 10.2 Å². The maximum absolute atomic E-state index is 13.0. The summed E-state index contributed by atoms with van der Waals surface area (Å²) >= 11 is 0. The molecule has 0 saturated carbocycles. The Morgan fingerprint density at radius 1 is 1.39 bits per heavy atom. The van der Waals surface area contributed by atoms with E-state index in [0.717, 1.165) is 24.3 Å². The highest BCUT2D eigenvalue weighted by molar-refractivity contribution is 5.78. The number of carbonyl (C=O) groups is 1. The first-order valence-electron chi connectivity index (χ1n) is 10.3. The van der Waals surface area contributed by atoms with E-state index in [1.165, 1.54) is 7.11 Å². The second-order valence-electron chi connectivity index (χ2n) is 8.66. The van der Waals surface area contributed by atoms with Crippen molar-refractivity contribution in [2.75, 3.05) is 25.1 Å². The van der Waals surface area contributed by atoms with Crippen LogP contribution in [-0.4, -0.2) is 51.1 Å². The highest BCUT2D eigenvalue weighted by atomic mass is 16.5. The quantitative estimate of drug-likeness (QED) is 0.777. The Morgan fingerprint density at radius 2 is 2.13 bits per heavy atom. The Kier molecular flexibility index (Phi) is 5.27. The molecule has 0 aliphatic carbocycles. The normalized spacial score (nSPS) is 18.4. The SMILES string of the molecule is COc1nc(C#N)nc2c1C(C)N(C(=O)CC1CN(c3ccnc(C(C)(C)O)c3)C1)C2. The molecule has 9 nitrogen and oxygen atoms in total. The van der Waals surface area contributed by atoms with Crippen LogP contribution in [0.15, 0.2) is 18.3 Å². The zero-order chi connectivity index (χ0) is 22.3. The van der Waals surface area contributed by atoms with Crippen LogP contribution in [0.1, 0.15) is 56.0 Å². The summed E-state index contributed by atoms with van der Waals surface area (Å²) in [7, 11) is 1.51. The van der Waals surface area contributed by atoms with Crippen molar-refractivity contribution in [3.8, 4) is 11.9 Å². The predicted octanol–water partition coefficient (Wildman–Crippen LogP) is 1.91. The van der Waals surface area contributed by atoms with Gasteiger partial charge in [-0.1, -0.05) is 0 Å². The van der Waals surface area contributed by atoms with Gasteiger partial charge in [0, 0.05) is 37.3 Å². The molecule has 1 fully saturated rings. The molecule has 162 valence electrons. The fourth-order valence-corrected chi connectivity index (χ4v) is 4.22. The van der Waals surface area contributed by atoms with Crippen molar-refractivity contribution < 1.29 is 14.6 Å². The molecule has 0 spiro atoms. The van der Waals surface area contributed by atoms with Crippen molar-refractivity contribution in [2.45, 2.75) is 45.4 Å². The standard InChI is InChI=1S/C22H26N6O3/c1-13-20-16(25-18(9-23)26-21(20)31-4)12-28(13)19(29)7-14-10-27(11-14)15-5-6-24-17(8-15)22(2,3)30/h5-6,8,13-14,30H,7,10-12H2,1-4H3. The van der Waals surface area contributed by atoms with Crippen LogP contribution in [0.2, 0.25) is 0 Å². The number of rotatable bonds is 5. The summed E-state index contributed by atoms with van der Waals surface area (Å²) in [5, 5.41) is 19.3. The summed E-state index contributed by atoms with van der Waals surface area (Å²) < 4.78 is 5.34. The number of methoxy groups -OCH3 is 1. The number of aliphatic hydroxyl groups is 1. The lowest BCUT2D eigenvalue weighted by molar-refractivity contribution is -0.134. The van der Waals surface area contributed by atoms with Gasteiger partial charge in [-0.15, -0.1) is 0 Å². The van der Waals surface area contributed by atoms with Gasteiger partial charge in [0.15, 0.2) is 0 Å². The Labute approximate surface area is 181 Å². The number of anilines is 1. The highest BCUT2D eigenvalue weighted by Crippen LogP contribution is 2.39. The van der Waals surface area contributed by atoms with Crippen molar-refractivity contribution in [2.24, 2.45) is 5.92 Å². The minimum Gasteiger partial charge on any atom is -0.481 e. The Balaban J connectivity index is 1.39. The van der Waals surface area contributed by atoms with E-state index in [0.29, 0.717) is 30.2 Å². The number of hydrogen-bond donors (Lipinski definition) is 1. The maximum atomic E-state index is 13.0. The summed E-state index contributed by atoms with van der Waals surface area (Å²) in [6.45, 7) is 7.27. The fraction of sp³-hybridized carbons (Fsp3) is 0.500. The van der Waals surface area contributed by atoms with Crippen LogP contribution >= 0.6 is 0 Å². The van der Waals surface area contributed by atoms with Gasteiger partial charge < -0.3 is 19.6 Å². The topological polar surface area (TPSA) is 115 Å². The molecule has 9 heteroatoms. The Bertz CT molecular complexity index is 1050. The van der Waals surface area contributed by atoms with Gasteiger partial charge in [-0.25, -0.2) is 4.98 Å². The molecule has 1 saturated heterocycles. The molecule has 31 heavy (non-hydrogen) atoms. The fourth-order valence-electron chi connectivity index (χ4n) is 4.22. The maximum Gasteiger partial charge on any atom is 0.235 e. The first-order chi connectivity index (χ1) is 14.7. The van der Waals surface area contributed by atoms with E-state index in [1.807, 2.05) is 25.1 Å². The van der Waals surface area contributed by atoms with Gasteiger partial charge in [0.25, 0.3) is 0 Å². The summed E-state index contributed by atoms with van der Waals surface area (Å²) in [5.41, 5.74) is 2.09. The summed E-state index contributed by atoms with van der Waals surface area (Å²) in [6.07, 6.45) is 2.15. The Morgan fingerprint density at radius 3 is 2.77 bits per heavy atom. The lowest BCUT2D eigenvalue weighted by Crippen LogP contribution is -2.49. The second kappa shape index (κ2) is 7.78. The van der Waals surface area contributed by atoms with E-state index in [9.17, 15) is 9.90 Å². The molecular weight excluding hydrogens is 396 g/mol. The number of aromatic nitrogens is 3. The van der Waals surface area contributed by atoms with E-state index in [2.05, 4.69) is 19.9 Å².